The van der Waals surface area contributed by atoms with Gasteiger partial charge in [0.1, 0.15) is 0 Å². The van der Waals surface area contributed by atoms with Crippen LogP contribution in [-0.2, 0) is 9.47 Å². The maximum atomic E-state index is 5.24. The summed E-state index contributed by atoms with van der Waals surface area (Å²) < 4.78 is 10.5. The quantitative estimate of drug-likeness (QED) is 0.587. The van der Waals surface area contributed by atoms with E-state index in [1.165, 1.54) is 24.2 Å². The van der Waals surface area contributed by atoms with Gasteiger partial charge in [0.05, 0.1) is 0 Å². The fourth-order valence-electron chi connectivity index (χ4n) is 2.13. The third-order valence-corrected chi connectivity index (χ3v) is 4.32. The molecule has 1 atom stereocenters. The zero-order chi connectivity index (χ0) is 12.8. The summed E-state index contributed by atoms with van der Waals surface area (Å²) in [6.07, 6.45) is 8.18. The van der Waals surface area contributed by atoms with Crippen LogP contribution >= 0.6 is 11.8 Å². The summed E-state index contributed by atoms with van der Waals surface area (Å²) in [5.74, 6) is 0. The van der Waals surface area contributed by atoms with Crippen LogP contribution in [0.1, 0.15) is 31.1 Å². The minimum atomic E-state index is -0.265. The summed E-state index contributed by atoms with van der Waals surface area (Å²) in [5.41, 5.74) is 1.06. The van der Waals surface area contributed by atoms with Crippen LogP contribution in [0.25, 0.3) is 0 Å². The maximum Gasteiger partial charge on any atom is 0.183 e. The van der Waals surface area contributed by atoms with Crippen LogP contribution in [0, 0.1) is 0 Å². The molecule has 3 heteroatoms. The first-order chi connectivity index (χ1) is 8.83. The van der Waals surface area contributed by atoms with E-state index in [0.29, 0.717) is 5.25 Å². The number of methoxy groups -OCH3 is 2. The van der Waals surface area contributed by atoms with Gasteiger partial charge in [-0.2, -0.15) is 0 Å². The van der Waals surface area contributed by atoms with Crippen molar-refractivity contribution in [2.45, 2.75) is 35.7 Å². The molecule has 0 saturated heterocycles. The van der Waals surface area contributed by atoms with Crippen LogP contribution in [0.3, 0.4) is 0 Å². The third-order valence-electron chi connectivity index (χ3n) is 3.08. The highest BCUT2D eigenvalue weighted by molar-refractivity contribution is 8.00. The molecule has 2 rings (SSSR count). The van der Waals surface area contributed by atoms with Gasteiger partial charge in [0.2, 0.25) is 0 Å². The van der Waals surface area contributed by atoms with Crippen molar-refractivity contribution < 1.29 is 9.47 Å². The number of allylic oxidation sites excluding steroid dienone is 1. The second-order valence-electron chi connectivity index (χ2n) is 4.39. The van der Waals surface area contributed by atoms with E-state index in [-0.39, 0.29) is 6.29 Å². The molecular weight excluding hydrogens is 244 g/mol. The van der Waals surface area contributed by atoms with Gasteiger partial charge in [-0.1, -0.05) is 24.3 Å². The maximum absolute atomic E-state index is 5.24. The lowest BCUT2D eigenvalue weighted by molar-refractivity contribution is -0.106. The van der Waals surface area contributed by atoms with Crippen LogP contribution in [0.4, 0.5) is 0 Å². The molecular formula is C15H20O2S. The second-order valence-corrected chi connectivity index (χ2v) is 5.70. The minimum absolute atomic E-state index is 0.265. The fraction of sp³-hybridized carbons (Fsp3) is 0.467. The van der Waals surface area contributed by atoms with Crippen molar-refractivity contribution in [3.63, 3.8) is 0 Å². The van der Waals surface area contributed by atoms with Crippen LogP contribution < -0.4 is 0 Å². The van der Waals surface area contributed by atoms with Gasteiger partial charge in [-0.25, -0.2) is 0 Å². The Kier molecular flexibility index (Phi) is 5.29. The molecule has 0 saturated carbocycles. The Hall–Kier alpha value is -0.770. The van der Waals surface area contributed by atoms with E-state index in [1.807, 2.05) is 11.8 Å². The van der Waals surface area contributed by atoms with Gasteiger partial charge in [-0.3, -0.25) is 0 Å². The van der Waals surface area contributed by atoms with Crippen molar-refractivity contribution in [2.24, 2.45) is 0 Å². The van der Waals surface area contributed by atoms with Gasteiger partial charge in [-0.15, -0.1) is 11.8 Å². The van der Waals surface area contributed by atoms with Crippen molar-refractivity contribution >= 4 is 11.8 Å². The smallest absolute Gasteiger partial charge is 0.183 e. The Bertz CT molecular complexity index is 382. The van der Waals surface area contributed by atoms with Gasteiger partial charge in [0.15, 0.2) is 6.29 Å². The molecule has 1 unspecified atom stereocenters. The SMILES string of the molecule is COC(OC)c1ccc(SC2C=CCCC2)cc1. The highest BCUT2D eigenvalue weighted by atomic mass is 32.2. The Morgan fingerprint density at radius 3 is 2.44 bits per heavy atom. The van der Waals surface area contributed by atoms with E-state index in [4.69, 9.17) is 9.47 Å². The van der Waals surface area contributed by atoms with E-state index in [2.05, 4.69) is 36.4 Å². The number of hydrogen-bond acceptors (Lipinski definition) is 3. The molecule has 1 aliphatic rings. The first-order valence-corrected chi connectivity index (χ1v) is 7.20. The summed E-state index contributed by atoms with van der Waals surface area (Å²) in [6, 6.07) is 8.44. The topological polar surface area (TPSA) is 18.5 Å². The van der Waals surface area contributed by atoms with Crippen molar-refractivity contribution in [1.82, 2.24) is 0 Å². The van der Waals surface area contributed by atoms with Gasteiger partial charge >= 0.3 is 0 Å². The van der Waals surface area contributed by atoms with Gasteiger partial charge in [0, 0.05) is 29.9 Å². The predicted octanol–water partition coefficient (Wildman–Crippen LogP) is 4.18. The minimum Gasteiger partial charge on any atom is -0.352 e. The van der Waals surface area contributed by atoms with E-state index < -0.39 is 0 Å². The van der Waals surface area contributed by atoms with E-state index in [1.54, 1.807) is 14.2 Å². The molecule has 0 fully saturated rings. The number of hydrogen-bond donors (Lipinski definition) is 0. The normalized spacial score (nSPS) is 19.4. The van der Waals surface area contributed by atoms with Crippen molar-refractivity contribution in [1.29, 1.82) is 0 Å². The summed E-state index contributed by atoms with van der Waals surface area (Å²) >= 11 is 1.93. The van der Waals surface area contributed by atoms with Crippen LogP contribution in [0.2, 0.25) is 0 Å². The standard InChI is InChI=1S/C15H20O2S/c1-16-15(17-2)12-8-10-14(11-9-12)18-13-6-4-3-5-7-13/h4,6,8-11,13,15H,3,5,7H2,1-2H3. The fourth-order valence-corrected chi connectivity index (χ4v) is 3.24. The van der Waals surface area contributed by atoms with Gasteiger partial charge in [-0.05, 0) is 31.4 Å². The molecule has 1 aromatic rings. The molecule has 0 aliphatic heterocycles. The molecule has 0 aromatic heterocycles. The lowest BCUT2D eigenvalue weighted by atomic mass is 10.1. The second kappa shape index (κ2) is 6.98. The predicted molar refractivity (Wildman–Crippen MR) is 75.8 cm³/mol. The molecule has 1 aliphatic carbocycles. The first-order valence-electron chi connectivity index (χ1n) is 6.32. The molecule has 1 aromatic carbocycles. The van der Waals surface area contributed by atoms with Gasteiger partial charge < -0.3 is 9.47 Å². The van der Waals surface area contributed by atoms with E-state index in [0.717, 1.165) is 5.56 Å². The van der Waals surface area contributed by atoms with E-state index >= 15 is 0 Å². The molecule has 0 N–H and O–H groups in total. The number of benzene rings is 1. The molecule has 2 nitrogen and oxygen atoms in total. The lowest BCUT2D eigenvalue weighted by Crippen LogP contribution is -2.04. The van der Waals surface area contributed by atoms with Crippen molar-refractivity contribution in [2.75, 3.05) is 14.2 Å². The summed E-state index contributed by atoms with van der Waals surface area (Å²) in [4.78, 5) is 1.31. The molecule has 0 spiro atoms. The zero-order valence-corrected chi connectivity index (χ0v) is 11.8. The molecule has 18 heavy (non-hydrogen) atoms. The monoisotopic (exact) mass is 264 g/mol. The average molecular weight is 264 g/mol. The highest BCUT2D eigenvalue weighted by Gasteiger charge is 2.11. The molecule has 98 valence electrons. The molecule has 0 bridgehead atoms. The van der Waals surface area contributed by atoms with Gasteiger partial charge in [0.25, 0.3) is 0 Å². The summed E-state index contributed by atoms with van der Waals surface area (Å²) in [7, 11) is 3.31. The average Bonchev–Trinajstić information content (AvgIpc) is 2.43. The Balaban J connectivity index is 1.98. The summed E-state index contributed by atoms with van der Waals surface area (Å²) in [5, 5.41) is 0.630. The molecule has 0 heterocycles. The highest BCUT2D eigenvalue weighted by Crippen LogP contribution is 2.31. The van der Waals surface area contributed by atoms with Crippen LogP contribution in [0.5, 0.6) is 0 Å². The van der Waals surface area contributed by atoms with Crippen molar-refractivity contribution in [3.8, 4) is 0 Å². The Labute approximate surface area is 113 Å². The number of ether oxygens (including phenoxy) is 2. The van der Waals surface area contributed by atoms with E-state index in [9.17, 15) is 0 Å². The number of thioether (sulfide) groups is 1. The first kappa shape index (κ1) is 13.7. The van der Waals surface area contributed by atoms with Crippen molar-refractivity contribution in [3.05, 3.63) is 42.0 Å². The van der Waals surface area contributed by atoms with Crippen LogP contribution in [-0.4, -0.2) is 19.5 Å². The summed E-state index contributed by atoms with van der Waals surface area (Å²) in [6.45, 7) is 0. The van der Waals surface area contributed by atoms with Crippen LogP contribution in [0.15, 0.2) is 41.3 Å². The Morgan fingerprint density at radius 1 is 1.17 bits per heavy atom. The lowest BCUT2D eigenvalue weighted by Gasteiger charge is -2.17. The third kappa shape index (κ3) is 3.61. The zero-order valence-electron chi connectivity index (χ0n) is 11.0. The largest absolute Gasteiger partial charge is 0.352 e. The molecule has 0 radical (unpaired) electrons. The Morgan fingerprint density at radius 2 is 1.89 bits per heavy atom. The number of rotatable bonds is 5. The molecule has 0 amide bonds.